The third-order valence-electron chi connectivity index (χ3n) is 2.84. The second-order valence-electron chi connectivity index (χ2n) is 4.39. The SMILES string of the molecule is CC.CCC(=N)c1ccccn1.Nc1nc2c(s1)C=CCC=C2. The lowest BCUT2D eigenvalue weighted by Gasteiger charge is -1.96. The largest absolute Gasteiger partial charge is 0.375 e. The van der Waals surface area contributed by atoms with Crippen LogP contribution >= 0.6 is 11.3 Å². The normalized spacial score (nSPS) is 11.3. The zero-order valence-electron chi connectivity index (χ0n) is 13.9. The Kier molecular flexibility index (Phi) is 8.54. The summed E-state index contributed by atoms with van der Waals surface area (Å²) >= 11 is 1.53. The van der Waals surface area contributed by atoms with Crippen LogP contribution in [0.4, 0.5) is 5.13 Å². The van der Waals surface area contributed by atoms with Crippen molar-refractivity contribution in [3.8, 4) is 0 Å². The maximum Gasteiger partial charge on any atom is 0.181 e. The minimum atomic E-state index is 0.598. The van der Waals surface area contributed by atoms with E-state index in [1.54, 1.807) is 6.20 Å². The van der Waals surface area contributed by atoms with E-state index in [0.717, 1.165) is 29.1 Å². The molecule has 5 heteroatoms. The van der Waals surface area contributed by atoms with Crippen LogP contribution in [0.2, 0.25) is 0 Å². The molecule has 0 saturated carbocycles. The summed E-state index contributed by atoms with van der Waals surface area (Å²) in [6.45, 7) is 5.96. The minimum absolute atomic E-state index is 0.598. The average molecular weight is 328 g/mol. The van der Waals surface area contributed by atoms with Gasteiger partial charge in [-0.15, -0.1) is 0 Å². The van der Waals surface area contributed by atoms with Crippen LogP contribution in [-0.2, 0) is 0 Å². The molecule has 23 heavy (non-hydrogen) atoms. The van der Waals surface area contributed by atoms with Crippen LogP contribution in [0, 0.1) is 5.41 Å². The number of hydrogen-bond acceptors (Lipinski definition) is 5. The number of anilines is 1. The maximum absolute atomic E-state index is 7.42. The second-order valence-corrected chi connectivity index (χ2v) is 5.45. The highest BCUT2D eigenvalue weighted by molar-refractivity contribution is 7.16. The molecule has 122 valence electrons. The first-order valence-corrected chi connectivity index (χ1v) is 8.60. The molecule has 0 aromatic carbocycles. The number of aromatic nitrogens is 2. The fourth-order valence-electron chi connectivity index (χ4n) is 1.76. The first kappa shape index (κ1) is 18.8. The summed E-state index contributed by atoms with van der Waals surface area (Å²) in [5.41, 5.74) is 7.93. The standard InChI is InChI=1S/C8H8N2S.C8H10N2.C2H6/c9-8-10-6-4-2-1-3-5-7(6)11-8;1-2-7(9)8-5-3-4-6-10-8;1-2/h2-5H,1H2,(H2,9,10);3-6,9H,2H2,1H3;1-2H3. The smallest absolute Gasteiger partial charge is 0.181 e. The number of hydrogen-bond donors (Lipinski definition) is 2. The Hall–Kier alpha value is -2.27. The Labute approximate surface area is 142 Å². The summed E-state index contributed by atoms with van der Waals surface area (Å²) in [6.07, 6.45) is 11.7. The molecular weight excluding hydrogens is 304 g/mol. The van der Waals surface area contributed by atoms with Gasteiger partial charge in [0.05, 0.1) is 22.0 Å². The molecule has 2 heterocycles. The van der Waals surface area contributed by atoms with Gasteiger partial charge >= 0.3 is 0 Å². The summed E-state index contributed by atoms with van der Waals surface area (Å²) in [5.74, 6) is 0. The van der Waals surface area contributed by atoms with Crippen molar-refractivity contribution in [2.24, 2.45) is 0 Å². The molecule has 0 bridgehead atoms. The number of rotatable bonds is 2. The zero-order valence-corrected chi connectivity index (χ0v) is 14.7. The van der Waals surface area contributed by atoms with Gasteiger partial charge in [-0.05, 0) is 37.1 Å². The highest BCUT2D eigenvalue weighted by Crippen LogP contribution is 2.24. The predicted octanol–water partition coefficient (Wildman–Crippen LogP) is 5.04. The topological polar surface area (TPSA) is 75.7 Å². The van der Waals surface area contributed by atoms with Crippen LogP contribution in [0.5, 0.6) is 0 Å². The third-order valence-corrected chi connectivity index (χ3v) is 3.71. The average Bonchev–Trinajstić information content (AvgIpc) is 2.82. The van der Waals surface area contributed by atoms with E-state index in [4.69, 9.17) is 11.1 Å². The van der Waals surface area contributed by atoms with Crippen molar-refractivity contribution < 1.29 is 0 Å². The number of nitrogens with two attached hydrogens (primary N) is 1. The Bertz CT molecular complexity index is 627. The van der Waals surface area contributed by atoms with Gasteiger partial charge in [0.25, 0.3) is 0 Å². The molecule has 0 amide bonds. The van der Waals surface area contributed by atoms with Crippen LogP contribution < -0.4 is 5.73 Å². The van der Waals surface area contributed by atoms with Crippen LogP contribution in [0.15, 0.2) is 36.5 Å². The quantitative estimate of drug-likeness (QED) is 0.758. The molecule has 0 radical (unpaired) electrons. The lowest BCUT2D eigenvalue weighted by atomic mass is 10.2. The van der Waals surface area contributed by atoms with Crippen molar-refractivity contribution >= 4 is 34.3 Å². The monoisotopic (exact) mass is 328 g/mol. The number of thiazole rings is 1. The lowest BCUT2D eigenvalue weighted by molar-refractivity contribution is 1.18. The fourth-order valence-corrected chi connectivity index (χ4v) is 2.51. The summed E-state index contributed by atoms with van der Waals surface area (Å²) < 4.78 is 0. The van der Waals surface area contributed by atoms with Gasteiger partial charge in [-0.3, -0.25) is 4.98 Å². The molecule has 2 aromatic heterocycles. The van der Waals surface area contributed by atoms with Gasteiger partial charge in [0.15, 0.2) is 5.13 Å². The number of nitrogens with zero attached hydrogens (tertiary/aromatic N) is 2. The summed E-state index contributed by atoms with van der Waals surface area (Å²) in [7, 11) is 0. The molecule has 4 nitrogen and oxygen atoms in total. The molecule has 0 aliphatic heterocycles. The first-order chi connectivity index (χ1) is 11.2. The molecule has 1 aliphatic rings. The molecule has 0 spiro atoms. The highest BCUT2D eigenvalue weighted by Gasteiger charge is 2.04. The van der Waals surface area contributed by atoms with E-state index in [0.29, 0.717) is 10.8 Å². The van der Waals surface area contributed by atoms with E-state index >= 15 is 0 Å². The summed E-state index contributed by atoms with van der Waals surface area (Å²) in [4.78, 5) is 9.36. The lowest BCUT2D eigenvalue weighted by Crippen LogP contribution is -1.98. The van der Waals surface area contributed by atoms with Crippen molar-refractivity contribution in [3.05, 3.63) is 52.8 Å². The molecule has 3 rings (SSSR count). The zero-order chi connectivity index (χ0) is 17.1. The van der Waals surface area contributed by atoms with Crippen LogP contribution in [-0.4, -0.2) is 15.7 Å². The van der Waals surface area contributed by atoms with E-state index in [9.17, 15) is 0 Å². The minimum Gasteiger partial charge on any atom is -0.375 e. The maximum atomic E-state index is 7.42. The molecule has 0 saturated heterocycles. The van der Waals surface area contributed by atoms with E-state index in [-0.39, 0.29) is 0 Å². The van der Waals surface area contributed by atoms with E-state index < -0.39 is 0 Å². The van der Waals surface area contributed by atoms with E-state index in [2.05, 4.69) is 28.2 Å². The van der Waals surface area contributed by atoms with Crippen molar-refractivity contribution in [1.82, 2.24) is 9.97 Å². The number of nitrogen functional groups attached to an aromatic ring is 1. The van der Waals surface area contributed by atoms with Crippen LogP contribution in [0.1, 0.15) is 49.9 Å². The Balaban J connectivity index is 0.000000209. The Morgan fingerprint density at radius 2 is 2.00 bits per heavy atom. The number of nitrogens with one attached hydrogen (secondary N) is 1. The van der Waals surface area contributed by atoms with Crippen molar-refractivity contribution in [3.63, 3.8) is 0 Å². The van der Waals surface area contributed by atoms with Crippen molar-refractivity contribution in [2.75, 3.05) is 5.73 Å². The predicted molar refractivity (Wildman–Crippen MR) is 102 cm³/mol. The molecule has 2 aromatic rings. The molecular formula is C18H24N4S. The van der Waals surface area contributed by atoms with E-state index in [1.807, 2.05) is 45.0 Å². The van der Waals surface area contributed by atoms with Crippen molar-refractivity contribution in [2.45, 2.75) is 33.6 Å². The molecule has 0 atom stereocenters. The van der Waals surface area contributed by atoms with Crippen LogP contribution in [0.25, 0.3) is 12.2 Å². The molecule has 0 unspecified atom stereocenters. The Morgan fingerprint density at radius 1 is 1.26 bits per heavy atom. The summed E-state index contributed by atoms with van der Waals surface area (Å²) in [6, 6.07) is 5.60. The van der Waals surface area contributed by atoms with Gasteiger partial charge in [0.2, 0.25) is 0 Å². The van der Waals surface area contributed by atoms with Crippen molar-refractivity contribution in [1.29, 1.82) is 5.41 Å². The van der Waals surface area contributed by atoms with Gasteiger partial charge in [-0.1, -0.05) is 50.3 Å². The number of fused-ring (bicyclic) bond motifs is 1. The van der Waals surface area contributed by atoms with Gasteiger partial charge in [-0.25, -0.2) is 4.98 Å². The molecule has 1 aliphatic carbocycles. The van der Waals surface area contributed by atoms with E-state index in [1.165, 1.54) is 11.3 Å². The Morgan fingerprint density at radius 3 is 2.65 bits per heavy atom. The number of allylic oxidation sites excluding steroid dienone is 2. The fraction of sp³-hybridized carbons (Fsp3) is 0.278. The molecule has 3 N–H and O–H groups in total. The number of pyridine rings is 1. The van der Waals surface area contributed by atoms with Gasteiger partial charge < -0.3 is 11.1 Å². The van der Waals surface area contributed by atoms with Gasteiger partial charge in [-0.2, -0.15) is 0 Å². The third kappa shape index (κ3) is 6.16. The van der Waals surface area contributed by atoms with Crippen LogP contribution in [0.3, 0.4) is 0 Å². The van der Waals surface area contributed by atoms with Gasteiger partial charge in [0, 0.05) is 6.20 Å². The first-order valence-electron chi connectivity index (χ1n) is 7.79. The highest BCUT2D eigenvalue weighted by atomic mass is 32.1. The summed E-state index contributed by atoms with van der Waals surface area (Å²) in [5, 5.41) is 8.06. The second kappa shape index (κ2) is 10.5. The van der Waals surface area contributed by atoms with Gasteiger partial charge in [0.1, 0.15) is 0 Å². The molecule has 0 fully saturated rings.